The molecule has 1 atom stereocenters. The van der Waals surface area contributed by atoms with E-state index in [0.29, 0.717) is 12.4 Å². The first-order chi connectivity index (χ1) is 8.22. The van der Waals surface area contributed by atoms with Crippen LogP contribution in [0.25, 0.3) is 0 Å². The molecule has 1 heterocycles. The van der Waals surface area contributed by atoms with Gasteiger partial charge in [0.05, 0.1) is 13.7 Å². The Morgan fingerprint density at radius 2 is 2.24 bits per heavy atom. The number of hydrogen-bond acceptors (Lipinski definition) is 3. The molecule has 0 aliphatic carbocycles. The quantitative estimate of drug-likeness (QED) is 0.874. The molecule has 1 unspecified atom stereocenters. The third-order valence-electron chi connectivity index (χ3n) is 2.97. The summed E-state index contributed by atoms with van der Waals surface area (Å²) in [4.78, 5) is 0. The number of rotatable bonds is 3. The fourth-order valence-electron chi connectivity index (χ4n) is 2.00. The number of aryl methyl sites for hydroxylation is 1. The molecule has 0 bridgehead atoms. The van der Waals surface area contributed by atoms with E-state index in [0.717, 1.165) is 29.7 Å². The van der Waals surface area contributed by atoms with E-state index >= 15 is 0 Å². The van der Waals surface area contributed by atoms with Crippen molar-refractivity contribution >= 4 is 0 Å². The molecule has 1 aliphatic rings. The number of aliphatic hydroxyl groups is 1. The van der Waals surface area contributed by atoms with Crippen LogP contribution in [-0.2, 0) is 4.74 Å². The first-order valence-corrected chi connectivity index (χ1v) is 5.88. The van der Waals surface area contributed by atoms with E-state index in [1.54, 1.807) is 7.11 Å². The van der Waals surface area contributed by atoms with Gasteiger partial charge in [0, 0.05) is 0 Å². The summed E-state index contributed by atoms with van der Waals surface area (Å²) in [7, 11) is 1.64. The average Bonchev–Trinajstić information content (AvgIpc) is 2.39. The molecular weight excluding hydrogens is 216 g/mol. The van der Waals surface area contributed by atoms with E-state index < -0.39 is 6.10 Å². The Kier molecular flexibility index (Phi) is 3.69. The molecule has 1 N–H and O–H groups in total. The predicted octanol–water partition coefficient (Wildman–Crippen LogP) is 2.73. The summed E-state index contributed by atoms with van der Waals surface area (Å²) in [5.41, 5.74) is 1.86. The van der Waals surface area contributed by atoms with Crippen molar-refractivity contribution in [2.24, 2.45) is 0 Å². The van der Waals surface area contributed by atoms with E-state index in [9.17, 15) is 5.11 Å². The van der Waals surface area contributed by atoms with Crippen molar-refractivity contribution in [1.29, 1.82) is 0 Å². The minimum absolute atomic E-state index is 0.667. The smallest absolute Gasteiger partial charge is 0.136 e. The van der Waals surface area contributed by atoms with Gasteiger partial charge in [-0.1, -0.05) is 6.07 Å². The minimum atomic E-state index is -0.667. The molecule has 0 aromatic heterocycles. The van der Waals surface area contributed by atoms with Crippen LogP contribution in [0.3, 0.4) is 0 Å². The van der Waals surface area contributed by atoms with Gasteiger partial charge >= 0.3 is 0 Å². The van der Waals surface area contributed by atoms with Crippen molar-refractivity contribution in [2.75, 3.05) is 13.7 Å². The van der Waals surface area contributed by atoms with Gasteiger partial charge in [0.15, 0.2) is 0 Å². The van der Waals surface area contributed by atoms with Gasteiger partial charge in [-0.15, -0.1) is 0 Å². The van der Waals surface area contributed by atoms with E-state index in [4.69, 9.17) is 9.47 Å². The number of benzene rings is 1. The van der Waals surface area contributed by atoms with E-state index in [1.165, 1.54) is 0 Å². The fraction of sp³-hybridized carbons (Fsp3) is 0.429. The first-order valence-electron chi connectivity index (χ1n) is 5.88. The van der Waals surface area contributed by atoms with Gasteiger partial charge < -0.3 is 14.6 Å². The molecule has 3 heteroatoms. The summed E-state index contributed by atoms with van der Waals surface area (Å²) in [5, 5.41) is 10.2. The van der Waals surface area contributed by atoms with Gasteiger partial charge in [0.1, 0.15) is 17.6 Å². The Morgan fingerprint density at radius 1 is 1.41 bits per heavy atom. The van der Waals surface area contributed by atoms with Crippen molar-refractivity contribution in [3.63, 3.8) is 0 Å². The van der Waals surface area contributed by atoms with Crippen LogP contribution in [0.5, 0.6) is 5.75 Å². The lowest BCUT2D eigenvalue weighted by Gasteiger charge is -2.20. The van der Waals surface area contributed by atoms with E-state index in [1.807, 2.05) is 31.2 Å². The van der Waals surface area contributed by atoms with Gasteiger partial charge in [-0.3, -0.25) is 0 Å². The number of methoxy groups -OCH3 is 1. The van der Waals surface area contributed by atoms with Crippen molar-refractivity contribution in [1.82, 2.24) is 0 Å². The largest absolute Gasteiger partial charge is 0.496 e. The van der Waals surface area contributed by atoms with Gasteiger partial charge in [0.25, 0.3) is 0 Å². The maximum Gasteiger partial charge on any atom is 0.136 e. The zero-order valence-electron chi connectivity index (χ0n) is 10.3. The molecule has 3 nitrogen and oxygen atoms in total. The minimum Gasteiger partial charge on any atom is -0.496 e. The molecule has 0 saturated heterocycles. The van der Waals surface area contributed by atoms with Crippen LogP contribution in [0, 0.1) is 6.92 Å². The molecule has 0 radical (unpaired) electrons. The van der Waals surface area contributed by atoms with Crippen LogP contribution < -0.4 is 4.74 Å². The van der Waals surface area contributed by atoms with Gasteiger partial charge in [0.2, 0.25) is 0 Å². The van der Waals surface area contributed by atoms with Crippen molar-refractivity contribution in [2.45, 2.75) is 25.9 Å². The van der Waals surface area contributed by atoms with Gasteiger partial charge in [-0.2, -0.15) is 0 Å². The molecule has 0 spiro atoms. The summed E-state index contributed by atoms with van der Waals surface area (Å²) < 4.78 is 10.7. The molecule has 2 rings (SSSR count). The summed E-state index contributed by atoms with van der Waals surface area (Å²) in [6.45, 7) is 2.66. The van der Waals surface area contributed by atoms with E-state index in [-0.39, 0.29) is 0 Å². The highest BCUT2D eigenvalue weighted by molar-refractivity contribution is 5.38. The first kappa shape index (κ1) is 12.0. The third-order valence-corrected chi connectivity index (χ3v) is 2.97. The number of aliphatic hydroxyl groups excluding tert-OH is 1. The maximum absolute atomic E-state index is 10.2. The highest BCUT2D eigenvalue weighted by Crippen LogP contribution is 2.28. The summed E-state index contributed by atoms with van der Waals surface area (Å²) in [6, 6.07) is 5.68. The molecule has 1 aliphatic heterocycles. The van der Waals surface area contributed by atoms with Crippen molar-refractivity contribution < 1.29 is 14.6 Å². The summed E-state index contributed by atoms with van der Waals surface area (Å²) >= 11 is 0. The van der Waals surface area contributed by atoms with Crippen LogP contribution in [0.1, 0.15) is 30.1 Å². The van der Waals surface area contributed by atoms with Crippen molar-refractivity contribution in [3.8, 4) is 5.75 Å². The van der Waals surface area contributed by atoms with Crippen LogP contribution >= 0.6 is 0 Å². The summed E-state index contributed by atoms with van der Waals surface area (Å²) in [6.07, 6.45) is 3.30. The highest BCUT2D eigenvalue weighted by atomic mass is 16.5. The Labute approximate surface area is 102 Å². The van der Waals surface area contributed by atoms with Crippen LogP contribution in [0.2, 0.25) is 0 Å². The maximum atomic E-state index is 10.2. The Hall–Kier alpha value is -1.48. The lowest BCUT2D eigenvalue weighted by molar-refractivity contribution is 0.0917. The highest BCUT2D eigenvalue weighted by Gasteiger charge is 2.17. The van der Waals surface area contributed by atoms with Crippen LogP contribution in [-0.4, -0.2) is 18.8 Å². The third kappa shape index (κ3) is 2.61. The standard InChI is InChI=1S/C14H18O3/c1-10-9-11(6-7-12(10)16-2)14(15)13-5-3-4-8-17-13/h5-7,9,14-15H,3-4,8H2,1-2H3. The van der Waals surface area contributed by atoms with Crippen molar-refractivity contribution in [3.05, 3.63) is 41.2 Å². The lowest BCUT2D eigenvalue weighted by atomic mass is 10.0. The summed E-state index contributed by atoms with van der Waals surface area (Å²) in [5.74, 6) is 1.50. The van der Waals surface area contributed by atoms with Gasteiger partial charge in [-0.05, 0) is 49.1 Å². The molecule has 0 fully saturated rings. The van der Waals surface area contributed by atoms with E-state index in [2.05, 4.69) is 0 Å². The lowest BCUT2D eigenvalue weighted by Crippen LogP contribution is -2.10. The van der Waals surface area contributed by atoms with Crippen LogP contribution in [0.4, 0.5) is 0 Å². The molecular formula is C14H18O3. The molecule has 1 aromatic carbocycles. The fourth-order valence-corrected chi connectivity index (χ4v) is 2.00. The average molecular weight is 234 g/mol. The topological polar surface area (TPSA) is 38.7 Å². The normalized spacial score (nSPS) is 17.0. The second-order valence-corrected chi connectivity index (χ2v) is 4.23. The predicted molar refractivity (Wildman–Crippen MR) is 66.0 cm³/mol. The molecule has 92 valence electrons. The Balaban J connectivity index is 2.21. The number of hydrogen-bond donors (Lipinski definition) is 1. The van der Waals surface area contributed by atoms with Gasteiger partial charge in [-0.25, -0.2) is 0 Å². The second-order valence-electron chi connectivity index (χ2n) is 4.23. The molecule has 0 amide bonds. The SMILES string of the molecule is COc1ccc(C(O)C2=CCCCO2)cc1C. The van der Waals surface area contributed by atoms with Crippen LogP contribution in [0.15, 0.2) is 30.0 Å². The molecule has 1 aromatic rings. The monoisotopic (exact) mass is 234 g/mol. The Bertz CT molecular complexity index is 423. The zero-order chi connectivity index (χ0) is 12.3. The Morgan fingerprint density at radius 3 is 2.82 bits per heavy atom. The molecule has 17 heavy (non-hydrogen) atoms. The zero-order valence-corrected chi connectivity index (χ0v) is 10.3. The second kappa shape index (κ2) is 5.23. The molecule has 0 saturated carbocycles. The number of allylic oxidation sites excluding steroid dienone is 1. The number of ether oxygens (including phenoxy) is 2.